The summed E-state index contributed by atoms with van der Waals surface area (Å²) in [5, 5.41) is 27.1. The third-order valence-electron chi connectivity index (χ3n) is 4.43. The molecule has 176 valence electrons. The van der Waals surface area contributed by atoms with Crippen LogP contribution in [-0.2, 0) is 6.61 Å². The molecule has 1 N–H and O–H groups in total. The van der Waals surface area contributed by atoms with Crippen molar-refractivity contribution in [3.63, 3.8) is 0 Å². The fourth-order valence-electron chi connectivity index (χ4n) is 2.80. The first-order chi connectivity index (χ1) is 16.2. The molecule has 34 heavy (non-hydrogen) atoms. The molecule has 3 aromatic carbocycles. The third kappa shape index (κ3) is 6.13. The van der Waals surface area contributed by atoms with E-state index in [0.717, 1.165) is 17.7 Å². The largest absolute Gasteiger partial charge is 0.493 e. The molecule has 13 heteroatoms. The van der Waals surface area contributed by atoms with Gasteiger partial charge in [-0.3, -0.25) is 25.7 Å². The van der Waals surface area contributed by atoms with Crippen LogP contribution < -0.4 is 14.9 Å². The number of nitro groups is 2. The molecule has 0 fully saturated rings. The fraction of sp³-hybridized carbons (Fsp3) is 0.0952. The summed E-state index contributed by atoms with van der Waals surface area (Å²) in [4.78, 5) is 20.6. The predicted octanol–water partition coefficient (Wildman–Crippen LogP) is 6.61. The Kier molecular flexibility index (Phi) is 8.26. The Morgan fingerprint density at radius 2 is 1.85 bits per heavy atom. The Balaban J connectivity index is 1.78. The van der Waals surface area contributed by atoms with Gasteiger partial charge in [-0.05, 0) is 51.8 Å². The molecule has 10 nitrogen and oxygen atoms in total. The van der Waals surface area contributed by atoms with Crippen molar-refractivity contribution in [2.45, 2.75) is 6.61 Å². The lowest BCUT2D eigenvalue weighted by atomic mass is 10.2. The third-order valence-corrected chi connectivity index (χ3v) is 5.60. The normalized spacial score (nSPS) is 10.8. The molecule has 0 atom stereocenters. The van der Waals surface area contributed by atoms with Crippen molar-refractivity contribution < 1.29 is 19.3 Å². The number of ether oxygens (including phenoxy) is 2. The van der Waals surface area contributed by atoms with Crippen LogP contribution in [0.15, 0.2) is 58.1 Å². The molecule has 0 aliphatic rings. The molecule has 0 saturated heterocycles. The number of nitro benzene ring substituents is 2. The van der Waals surface area contributed by atoms with Crippen LogP contribution in [0.5, 0.6) is 11.5 Å². The number of hydrogen-bond acceptors (Lipinski definition) is 8. The molecule has 3 rings (SSSR count). The first kappa shape index (κ1) is 25.2. The van der Waals surface area contributed by atoms with Crippen molar-refractivity contribution >= 4 is 62.4 Å². The highest BCUT2D eigenvalue weighted by atomic mass is 79.9. The van der Waals surface area contributed by atoms with Crippen molar-refractivity contribution in [1.82, 2.24) is 0 Å². The average Bonchev–Trinajstić information content (AvgIpc) is 2.79. The van der Waals surface area contributed by atoms with Gasteiger partial charge in [0.1, 0.15) is 12.3 Å². The lowest BCUT2D eigenvalue weighted by molar-refractivity contribution is -0.393. The van der Waals surface area contributed by atoms with Crippen LogP contribution in [0, 0.1) is 20.2 Å². The summed E-state index contributed by atoms with van der Waals surface area (Å²) in [6.45, 7) is 0.170. The molecule has 0 radical (unpaired) electrons. The zero-order chi connectivity index (χ0) is 24.8. The van der Waals surface area contributed by atoms with Crippen molar-refractivity contribution in [2.24, 2.45) is 5.10 Å². The molecule has 0 bridgehead atoms. The number of halogens is 3. The van der Waals surface area contributed by atoms with Crippen LogP contribution in [0.2, 0.25) is 10.0 Å². The van der Waals surface area contributed by atoms with Gasteiger partial charge in [0.15, 0.2) is 11.5 Å². The molecular weight excluding hydrogens is 555 g/mol. The first-order valence-corrected chi connectivity index (χ1v) is 10.9. The Bertz CT molecular complexity index is 1290. The molecule has 0 unspecified atom stereocenters. The zero-order valence-electron chi connectivity index (χ0n) is 17.3. The van der Waals surface area contributed by atoms with Gasteiger partial charge in [0.25, 0.3) is 5.69 Å². The van der Waals surface area contributed by atoms with Crippen molar-refractivity contribution in [3.05, 3.63) is 94.4 Å². The second-order valence-electron chi connectivity index (χ2n) is 6.64. The van der Waals surface area contributed by atoms with Crippen LogP contribution in [0.4, 0.5) is 17.1 Å². The van der Waals surface area contributed by atoms with Crippen LogP contribution in [0.25, 0.3) is 0 Å². The molecule has 0 amide bonds. The van der Waals surface area contributed by atoms with E-state index in [9.17, 15) is 20.2 Å². The zero-order valence-corrected chi connectivity index (χ0v) is 20.4. The van der Waals surface area contributed by atoms with Crippen LogP contribution in [0.3, 0.4) is 0 Å². The monoisotopic (exact) mass is 568 g/mol. The van der Waals surface area contributed by atoms with Gasteiger partial charge < -0.3 is 9.47 Å². The van der Waals surface area contributed by atoms with Crippen molar-refractivity contribution in [1.29, 1.82) is 0 Å². The Morgan fingerprint density at radius 1 is 1.09 bits per heavy atom. The van der Waals surface area contributed by atoms with E-state index < -0.39 is 21.2 Å². The number of hydrogen-bond donors (Lipinski definition) is 1. The average molecular weight is 570 g/mol. The maximum Gasteiger partial charge on any atom is 0.301 e. The number of nitrogens with zero attached hydrogens (tertiary/aromatic N) is 3. The summed E-state index contributed by atoms with van der Waals surface area (Å²) in [5.41, 5.74) is 2.97. The fourth-order valence-corrected chi connectivity index (χ4v) is 3.84. The second-order valence-corrected chi connectivity index (χ2v) is 8.34. The lowest BCUT2D eigenvalue weighted by Gasteiger charge is -2.14. The van der Waals surface area contributed by atoms with E-state index in [1.165, 1.54) is 19.4 Å². The topological polar surface area (TPSA) is 129 Å². The van der Waals surface area contributed by atoms with E-state index in [-0.39, 0.29) is 12.3 Å². The molecular formula is C21H15BrCl2N4O6. The SMILES string of the molecule is COc1cc(/C=N/Nc2ccc([N+](=O)[O-])cc2[N+](=O)[O-])cc(Br)c1OCc1ccc(Cl)cc1Cl. The Hall–Kier alpha value is -3.41. The summed E-state index contributed by atoms with van der Waals surface area (Å²) < 4.78 is 11.9. The van der Waals surface area contributed by atoms with E-state index >= 15 is 0 Å². The molecule has 0 aromatic heterocycles. The molecule has 0 heterocycles. The van der Waals surface area contributed by atoms with E-state index in [1.54, 1.807) is 30.3 Å². The van der Waals surface area contributed by atoms with Gasteiger partial charge >= 0.3 is 5.69 Å². The highest BCUT2D eigenvalue weighted by Crippen LogP contribution is 2.37. The van der Waals surface area contributed by atoms with E-state index in [4.69, 9.17) is 32.7 Å². The highest BCUT2D eigenvalue weighted by molar-refractivity contribution is 9.10. The minimum Gasteiger partial charge on any atom is -0.493 e. The van der Waals surface area contributed by atoms with Crippen LogP contribution in [0.1, 0.15) is 11.1 Å². The quantitative estimate of drug-likeness (QED) is 0.174. The Labute approximate surface area is 211 Å². The molecule has 0 aliphatic heterocycles. The van der Waals surface area contributed by atoms with E-state index in [1.807, 2.05) is 0 Å². The highest BCUT2D eigenvalue weighted by Gasteiger charge is 2.19. The van der Waals surface area contributed by atoms with Gasteiger partial charge in [0.05, 0.1) is 33.7 Å². The number of non-ortho nitro benzene ring substituents is 1. The van der Waals surface area contributed by atoms with Gasteiger partial charge in [-0.15, -0.1) is 0 Å². The molecule has 3 aromatic rings. The molecule has 0 aliphatic carbocycles. The number of benzene rings is 3. The van der Waals surface area contributed by atoms with Gasteiger partial charge in [0.2, 0.25) is 0 Å². The van der Waals surface area contributed by atoms with E-state index in [0.29, 0.717) is 31.6 Å². The maximum absolute atomic E-state index is 11.2. The number of rotatable bonds is 9. The summed E-state index contributed by atoms with van der Waals surface area (Å²) in [5.74, 6) is 0.840. The predicted molar refractivity (Wildman–Crippen MR) is 132 cm³/mol. The van der Waals surface area contributed by atoms with Crippen molar-refractivity contribution in [3.8, 4) is 11.5 Å². The molecule has 0 spiro atoms. The summed E-state index contributed by atoms with van der Waals surface area (Å²) >= 11 is 15.5. The first-order valence-electron chi connectivity index (χ1n) is 9.35. The van der Waals surface area contributed by atoms with Gasteiger partial charge in [-0.25, -0.2) is 0 Å². The summed E-state index contributed by atoms with van der Waals surface area (Å²) in [6, 6.07) is 11.7. The van der Waals surface area contributed by atoms with E-state index in [2.05, 4.69) is 26.5 Å². The summed E-state index contributed by atoms with van der Waals surface area (Å²) in [6.07, 6.45) is 1.40. The van der Waals surface area contributed by atoms with Gasteiger partial charge in [-0.2, -0.15) is 5.10 Å². The minimum absolute atomic E-state index is 0.00215. The maximum atomic E-state index is 11.2. The second kappa shape index (κ2) is 11.1. The number of hydrazone groups is 1. The number of anilines is 1. The standard InChI is InChI=1S/C21H15BrCl2N4O6/c1-33-20-7-12(6-16(22)21(20)34-11-13-2-3-14(23)8-17(13)24)10-25-26-18-5-4-15(27(29)30)9-19(18)28(31)32/h2-10,26H,11H2,1H3/b25-10+. The smallest absolute Gasteiger partial charge is 0.301 e. The lowest BCUT2D eigenvalue weighted by Crippen LogP contribution is -2.01. The van der Waals surface area contributed by atoms with Crippen LogP contribution in [-0.4, -0.2) is 23.2 Å². The van der Waals surface area contributed by atoms with Gasteiger partial charge in [0, 0.05) is 21.7 Å². The van der Waals surface area contributed by atoms with Crippen LogP contribution >= 0.6 is 39.1 Å². The molecule has 0 saturated carbocycles. The van der Waals surface area contributed by atoms with Crippen molar-refractivity contribution in [2.75, 3.05) is 12.5 Å². The van der Waals surface area contributed by atoms with Gasteiger partial charge in [-0.1, -0.05) is 29.3 Å². The summed E-state index contributed by atoms with van der Waals surface area (Å²) in [7, 11) is 1.48. The Morgan fingerprint density at radius 3 is 2.50 bits per heavy atom. The number of nitrogens with one attached hydrogen (secondary N) is 1. The minimum atomic E-state index is -0.733. The number of methoxy groups -OCH3 is 1.